The Hall–Kier alpha value is -2.30. The van der Waals surface area contributed by atoms with Crippen molar-refractivity contribution in [1.82, 2.24) is 0 Å². The molecule has 2 aliphatic rings. The van der Waals surface area contributed by atoms with Crippen molar-refractivity contribution in [1.29, 1.82) is 0 Å². The molecular formula is C21H27N3O5S2. The molecule has 0 amide bonds. The summed E-state index contributed by atoms with van der Waals surface area (Å²) >= 11 is 0. The van der Waals surface area contributed by atoms with Crippen LogP contribution in [-0.2, 0) is 24.8 Å². The molecule has 8 nitrogen and oxygen atoms in total. The maximum atomic E-state index is 13.3. The molecule has 2 fully saturated rings. The molecule has 0 unspecified atom stereocenters. The average Bonchev–Trinajstić information content (AvgIpc) is 2.75. The highest BCUT2D eigenvalue weighted by Crippen LogP contribution is 2.32. The van der Waals surface area contributed by atoms with Gasteiger partial charge in [-0.05, 0) is 49.6 Å². The molecule has 10 heteroatoms. The first kappa shape index (κ1) is 21.9. The minimum atomic E-state index is -3.93. The highest BCUT2D eigenvalue weighted by molar-refractivity contribution is 7.93. The number of morpholine rings is 1. The summed E-state index contributed by atoms with van der Waals surface area (Å²) in [4.78, 5) is 2.16. The number of sulfonamides is 2. The SMILES string of the molecule is Cc1ccc(N2CCCCS2(=O)=O)cc1S(=O)(=O)Nc1ccccc1N1CCOCC1. The molecule has 2 aliphatic heterocycles. The van der Waals surface area contributed by atoms with Crippen LogP contribution in [0.1, 0.15) is 18.4 Å². The number of benzene rings is 2. The van der Waals surface area contributed by atoms with Crippen molar-refractivity contribution in [3.63, 3.8) is 0 Å². The zero-order valence-corrected chi connectivity index (χ0v) is 19.1. The number of anilines is 3. The van der Waals surface area contributed by atoms with Gasteiger partial charge in [-0.1, -0.05) is 18.2 Å². The zero-order chi connectivity index (χ0) is 22.1. The number of nitrogens with zero attached hydrogens (tertiary/aromatic N) is 2. The van der Waals surface area contributed by atoms with Gasteiger partial charge in [-0.2, -0.15) is 0 Å². The number of ether oxygens (including phenoxy) is 1. The fourth-order valence-electron chi connectivity index (χ4n) is 3.95. The van der Waals surface area contributed by atoms with Gasteiger partial charge in [0.05, 0.1) is 40.9 Å². The molecule has 0 radical (unpaired) electrons. The fourth-order valence-corrected chi connectivity index (χ4v) is 6.92. The van der Waals surface area contributed by atoms with Gasteiger partial charge >= 0.3 is 0 Å². The van der Waals surface area contributed by atoms with Crippen LogP contribution >= 0.6 is 0 Å². The quantitative estimate of drug-likeness (QED) is 0.729. The Bertz CT molecular complexity index is 1160. The third-order valence-electron chi connectivity index (χ3n) is 5.60. The number of aryl methyl sites for hydroxylation is 1. The van der Waals surface area contributed by atoms with Crippen molar-refractivity contribution < 1.29 is 21.6 Å². The predicted octanol–water partition coefficient (Wildman–Crippen LogP) is 2.56. The lowest BCUT2D eigenvalue weighted by atomic mass is 10.2. The summed E-state index contributed by atoms with van der Waals surface area (Å²) in [5.41, 5.74) is 2.21. The number of para-hydroxylation sites is 2. The first-order valence-electron chi connectivity index (χ1n) is 10.3. The third-order valence-corrected chi connectivity index (χ3v) is 8.98. The summed E-state index contributed by atoms with van der Waals surface area (Å²) in [5.74, 6) is 0.0775. The first-order valence-corrected chi connectivity index (χ1v) is 13.4. The van der Waals surface area contributed by atoms with Gasteiger partial charge in [0.2, 0.25) is 10.0 Å². The van der Waals surface area contributed by atoms with E-state index in [1.54, 1.807) is 31.2 Å². The topological polar surface area (TPSA) is 96.0 Å². The molecule has 0 aliphatic carbocycles. The Labute approximate surface area is 183 Å². The Morgan fingerprint density at radius 3 is 2.48 bits per heavy atom. The van der Waals surface area contributed by atoms with Gasteiger partial charge in [0, 0.05) is 19.6 Å². The second-order valence-corrected chi connectivity index (χ2v) is 11.4. The highest BCUT2D eigenvalue weighted by Gasteiger charge is 2.28. The van der Waals surface area contributed by atoms with Crippen molar-refractivity contribution in [2.75, 3.05) is 52.5 Å². The largest absolute Gasteiger partial charge is 0.378 e. The zero-order valence-electron chi connectivity index (χ0n) is 17.5. The summed E-state index contributed by atoms with van der Waals surface area (Å²) in [6.07, 6.45) is 1.37. The van der Waals surface area contributed by atoms with E-state index in [1.807, 2.05) is 12.1 Å². The summed E-state index contributed by atoms with van der Waals surface area (Å²) < 4.78 is 61.1. The first-order chi connectivity index (χ1) is 14.8. The molecule has 0 atom stereocenters. The highest BCUT2D eigenvalue weighted by atomic mass is 32.2. The van der Waals surface area contributed by atoms with E-state index >= 15 is 0 Å². The molecule has 4 rings (SSSR count). The van der Waals surface area contributed by atoms with Crippen LogP contribution in [0, 0.1) is 6.92 Å². The van der Waals surface area contributed by atoms with Crippen LogP contribution in [0.4, 0.5) is 17.1 Å². The Morgan fingerprint density at radius 2 is 1.74 bits per heavy atom. The standard InChI is InChI=1S/C21H27N3O5S2/c1-17-8-9-18(24-10-4-5-15-30(24,25)26)16-21(17)31(27,28)22-19-6-2-3-7-20(19)23-11-13-29-14-12-23/h2-3,6-9,16,22H,4-5,10-15H2,1H3. The van der Waals surface area contributed by atoms with Crippen molar-refractivity contribution in [3.05, 3.63) is 48.0 Å². The van der Waals surface area contributed by atoms with Gasteiger partial charge < -0.3 is 9.64 Å². The van der Waals surface area contributed by atoms with E-state index in [0.29, 0.717) is 56.2 Å². The molecule has 0 saturated carbocycles. The average molecular weight is 466 g/mol. The maximum absolute atomic E-state index is 13.3. The minimum absolute atomic E-state index is 0.0718. The van der Waals surface area contributed by atoms with Crippen LogP contribution < -0.4 is 13.9 Å². The van der Waals surface area contributed by atoms with E-state index in [2.05, 4.69) is 9.62 Å². The molecule has 2 aromatic rings. The lowest BCUT2D eigenvalue weighted by Crippen LogP contribution is -2.38. The number of rotatable bonds is 5. The summed E-state index contributed by atoms with van der Waals surface area (Å²) in [5, 5.41) is 0. The smallest absolute Gasteiger partial charge is 0.262 e. The third kappa shape index (κ3) is 4.65. The molecule has 2 heterocycles. The van der Waals surface area contributed by atoms with Gasteiger partial charge in [0.25, 0.3) is 10.0 Å². The van der Waals surface area contributed by atoms with E-state index in [-0.39, 0.29) is 10.6 Å². The van der Waals surface area contributed by atoms with Crippen LogP contribution in [0.2, 0.25) is 0 Å². The van der Waals surface area contributed by atoms with E-state index in [1.165, 1.54) is 10.4 Å². The Balaban J connectivity index is 1.67. The molecule has 2 saturated heterocycles. The number of hydrogen-bond donors (Lipinski definition) is 1. The summed E-state index contributed by atoms with van der Waals surface area (Å²) in [7, 11) is -7.37. The fraction of sp³-hybridized carbons (Fsp3) is 0.429. The van der Waals surface area contributed by atoms with E-state index < -0.39 is 20.0 Å². The van der Waals surface area contributed by atoms with Gasteiger partial charge in [0.15, 0.2) is 0 Å². The van der Waals surface area contributed by atoms with Crippen molar-refractivity contribution >= 4 is 37.1 Å². The molecule has 0 aromatic heterocycles. The molecule has 0 bridgehead atoms. The molecular weight excluding hydrogens is 438 g/mol. The van der Waals surface area contributed by atoms with E-state index in [9.17, 15) is 16.8 Å². The Kier molecular flexibility index (Phi) is 6.14. The van der Waals surface area contributed by atoms with Gasteiger partial charge in [-0.3, -0.25) is 9.03 Å². The lowest BCUT2D eigenvalue weighted by molar-refractivity contribution is 0.123. The number of nitrogens with one attached hydrogen (secondary N) is 1. The lowest BCUT2D eigenvalue weighted by Gasteiger charge is -2.31. The predicted molar refractivity (Wildman–Crippen MR) is 122 cm³/mol. The minimum Gasteiger partial charge on any atom is -0.378 e. The number of hydrogen-bond acceptors (Lipinski definition) is 6. The van der Waals surface area contributed by atoms with Crippen LogP contribution in [0.3, 0.4) is 0 Å². The summed E-state index contributed by atoms with van der Waals surface area (Å²) in [6.45, 7) is 4.61. The van der Waals surface area contributed by atoms with Crippen molar-refractivity contribution in [2.45, 2.75) is 24.7 Å². The monoisotopic (exact) mass is 465 g/mol. The molecule has 1 N–H and O–H groups in total. The van der Waals surface area contributed by atoms with Crippen molar-refractivity contribution in [3.8, 4) is 0 Å². The van der Waals surface area contributed by atoms with Crippen LogP contribution in [-0.4, -0.2) is 55.4 Å². The van der Waals surface area contributed by atoms with Crippen LogP contribution in [0.15, 0.2) is 47.4 Å². The second kappa shape index (κ2) is 8.68. The Morgan fingerprint density at radius 1 is 1.00 bits per heavy atom. The molecule has 0 spiro atoms. The van der Waals surface area contributed by atoms with Gasteiger partial charge in [-0.15, -0.1) is 0 Å². The van der Waals surface area contributed by atoms with E-state index in [0.717, 1.165) is 12.1 Å². The van der Waals surface area contributed by atoms with Crippen LogP contribution in [0.25, 0.3) is 0 Å². The van der Waals surface area contributed by atoms with E-state index in [4.69, 9.17) is 4.74 Å². The normalized spacial score (nSPS) is 19.3. The van der Waals surface area contributed by atoms with Crippen molar-refractivity contribution in [2.24, 2.45) is 0 Å². The maximum Gasteiger partial charge on any atom is 0.262 e. The summed E-state index contributed by atoms with van der Waals surface area (Å²) in [6, 6.07) is 12.0. The second-order valence-electron chi connectivity index (χ2n) is 7.77. The van der Waals surface area contributed by atoms with Gasteiger partial charge in [0.1, 0.15) is 0 Å². The van der Waals surface area contributed by atoms with Crippen LogP contribution in [0.5, 0.6) is 0 Å². The molecule has 2 aromatic carbocycles. The molecule has 31 heavy (non-hydrogen) atoms. The molecule has 168 valence electrons. The van der Waals surface area contributed by atoms with Gasteiger partial charge in [-0.25, -0.2) is 16.8 Å².